The third-order valence-electron chi connectivity index (χ3n) is 11.8. The summed E-state index contributed by atoms with van der Waals surface area (Å²) >= 11 is 19.0. The number of rotatable bonds is 8. The number of nitrogens with zero attached hydrogens (tertiary/aromatic N) is 4. The molecule has 3 heterocycles. The number of hydrogen-bond acceptors (Lipinski definition) is 10. The molecule has 2 aliphatic carbocycles. The number of benzene rings is 3. The number of phenols is 1. The number of hydrazine groups is 2. The number of allylic oxidation sites excluding steroid dienone is 2. The minimum Gasteiger partial charge on any atom is -0.508 e. The summed E-state index contributed by atoms with van der Waals surface area (Å²) in [7, 11) is 4.11. The number of nitrogens with one attached hydrogen (secondary N) is 1. The van der Waals surface area contributed by atoms with E-state index in [1.54, 1.807) is 42.5 Å². The molecule has 59 heavy (non-hydrogen) atoms. The Morgan fingerprint density at radius 1 is 0.864 bits per heavy atom. The lowest BCUT2D eigenvalue weighted by molar-refractivity contribution is -0.142. The standard InChI is InChI=1S/C41H33Cl3F3N5O7/c1-50(35-28(43)13-15-32(48-35)41(45,46)47)52-36(54)25-12-11-23-26(33(25)38(52)56)18-27-37(55)51(49-30-14-6-20(42)16-29(30)44)39(57)40(27,19-4-7-21(58-2)8-5-19)34(23)24-10-9-22(59-3)17-31(24)53/h4-11,13-17,25-27,33-34,49,53H,12,18H2,1-3H3/t25-,26+,27-,33-,34+,40+/m0/s1. The highest BCUT2D eigenvalue weighted by molar-refractivity contribution is 6.36. The van der Waals surface area contributed by atoms with Crippen molar-refractivity contribution < 1.29 is 46.9 Å². The maximum absolute atomic E-state index is 15.4. The summed E-state index contributed by atoms with van der Waals surface area (Å²) in [4.78, 5) is 63.0. The first-order chi connectivity index (χ1) is 28.0. The van der Waals surface area contributed by atoms with Gasteiger partial charge in [0.05, 0.1) is 53.1 Å². The van der Waals surface area contributed by atoms with Gasteiger partial charge < -0.3 is 14.6 Å². The first-order valence-corrected chi connectivity index (χ1v) is 19.3. The van der Waals surface area contributed by atoms with Gasteiger partial charge in [-0.25, -0.2) is 4.98 Å². The zero-order valence-electron chi connectivity index (χ0n) is 31.3. The maximum Gasteiger partial charge on any atom is 0.433 e. The quantitative estimate of drug-likeness (QED) is 0.133. The van der Waals surface area contributed by atoms with E-state index in [1.807, 2.05) is 0 Å². The van der Waals surface area contributed by atoms with Gasteiger partial charge in [-0.05, 0) is 72.9 Å². The summed E-state index contributed by atoms with van der Waals surface area (Å²) < 4.78 is 52.0. The minimum atomic E-state index is -4.85. The summed E-state index contributed by atoms with van der Waals surface area (Å²) in [5.41, 5.74) is 1.18. The number of pyridine rings is 1. The second-order valence-corrected chi connectivity index (χ2v) is 15.9. The zero-order chi connectivity index (χ0) is 42.3. The smallest absolute Gasteiger partial charge is 0.433 e. The lowest BCUT2D eigenvalue weighted by Crippen LogP contribution is -2.53. The van der Waals surface area contributed by atoms with E-state index in [4.69, 9.17) is 44.3 Å². The highest BCUT2D eigenvalue weighted by Gasteiger charge is 2.71. The van der Waals surface area contributed by atoms with Crippen molar-refractivity contribution >= 4 is 69.9 Å². The number of hydrogen-bond donors (Lipinski definition) is 2. The monoisotopic (exact) mass is 869 g/mol. The van der Waals surface area contributed by atoms with Gasteiger partial charge in [-0.15, -0.1) is 0 Å². The number of anilines is 2. The van der Waals surface area contributed by atoms with E-state index in [0.717, 1.165) is 21.1 Å². The largest absolute Gasteiger partial charge is 0.508 e. The first kappa shape index (κ1) is 40.3. The van der Waals surface area contributed by atoms with Crippen molar-refractivity contribution in [1.82, 2.24) is 15.0 Å². The molecule has 0 radical (unpaired) electrons. The predicted molar refractivity (Wildman–Crippen MR) is 210 cm³/mol. The molecule has 4 aliphatic rings. The van der Waals surface area contributed by atoms with E-state index in [-0.39, 0.29) is 39.9 Å². The lowest BCUT2D eigenvalue weighted by Gasteiger charge is -2.50. The van der Waals surface area contributed by atoms with Crippen LogP contribution in [0.5, 0.6) is 17.2 Å². The summed E-state index contributed by atoms with van der Waals surface area (Å²) in [5.74, 6) is -8.17. The second kappa shape index (κ2) is 14.6. The first-order valence-electron chi connectivity index (χ1n) is 18.2. The van der Waals surface area contributed by atoms with E-state index in [1.165, 1.54) is 45.5 Å². The fourth-order valence-electron chi connectivity index (χ4n) is 9.27. The van der Waals surface area contributed by atoms with Gasteiger partial charge >= 0.3 is 6.18 Å². The molecular formula is C41H33Cl3F3N5O7. The van der Waals surface area contributed by atoms with Crippen LogP contribution in [0.3, 0.4) is 0 Å². The number of ether oxygens (including phenoxy) is 2. The average molecular weight is 871 g/mol. The fraction of sp³-hybridized carbons (Fsp3) is 0.293. The maximum atomic E-state index is 15.4. The number of fused-ring (bicyclic) bond motifs is 4. The molecule has 6 atom stereocenters. The van der Waals surface area contributed by atoms with E-state index in [9.17, 15) is 32.7 Å². The van der Waals surface area contributed by atoms with Crippen LogP contribution in [-0.4, -0.2) is 65.0 Å². The van der Waals surface area contributed by atoms with Gasteiger partial charge in [0, 0.05) is 29.6 Å². The Balaban J connectivity index is 1.30. The summed E-state index contributed by atoms with van der Waals surface area (Å²) in [6.07, 6.45) is -3.23. The third-order valence-corrected chi connectivity index (χ3v) is 12.7. The lowest BCUT2D eigenvalue weighted by atomic mass is 9.49. The minimum absolute atomic E-state index is 0.0174. The number of amides is 4. The molecule has 306 valence electrons. The molecule has 4 aromatic rings. The molecule has 2 N–H and O–H groups in total. The van der Waals surface area contributed by atoms with Crippen LogP contribution in [0.2, 0.25) is 15.1 Å². The Hall–Kier alpha value is -5.51. The van der Waals surface area contributed by atoms with E-state index in [0.29, 0.717) is 33.7 Å². The molecule has 0 bridgehead atoms. The summed E-state index contributed by atoms with van der Waals surface area (Å²) in [6, 6.07) is 17.3. The van der Waals surface area contributed by atoms with Gasteiger partial charge in [0.1, 0.15) is 22.9 Å². The Bertz CT molecular complexity index is 2470. The molecule has 4 amide bonds. The van der Waals surface area contributed by atoms with Crippen LogP contribution in [0.25, 0.3) is 0 Å². The number of alkyl halides is 3. The van der Waals surface area contributed by atoms with Gasteiger partial charge in [0.25, 0.3) is 23.6 Å². The topological polar surface area (TPSA) is 142 Å². The van der Waals surface area contributed by atoms with Crippen molar-refractivity contribution in [2.45, 2.75) is 30.4 Å². The molecule has 8 rings (SSSR count). The number of aromatic hydroxyl groups is 1. The molecule has 3 fully saturated rings. The van der Waals surface area contributed by atoms with Crippen molar-refractivity contribution in [3.05, 3.63) is 116 Å². The number of aromatic nitrogens is 1. The highest BCUT2D eigenvalue weighted by atomic mass is 35.5. The van der Waals surface area contributed by atoms with Crippen LogP contribution < -0.4 is 19.9 Å². The van der Waals surface area contributed by atoms with E-state index >= 15 is 4.79 Å². The molecule has 2 saturated heterocycles. The zero-order valence-corrected chi connectivity index (χ0v) is 33.5. The van der Waals surface area contributed by atoms with Crippen molar-refractivity contribution in [3.8, 4) is 17.2 Å². The average Bonchev–Trinajstić information content (AvgIpc) is 3.59. The number of carbonyl (C=O) groups is 4. The van der Waals surface area contributed by atoms with Crippen molar-refractivity contribution in [2.24, 2.45) is 23.7 Å². The molecule has 12 nitrogen and oxygen atoms in total. The van der Waals surface area contributed by atoms with Crippen molar-refractivity contribution in [2.75, 3.05) is 31.7 Å². The Kier molecular flexibility index (Phi) is 10.00. The molecule has 2 aliphatic heterocycles. The SMILES string of the molecule is COc1ccc([C@@]23C(=O)N(Nc4ccc(Cl)cc4Cl)C(=O)[C@@H]2C[C@@H]2C(=CC[C@@H]4C(=O)N(N(C)c5nc(C(F)(F)F)ccc5Cl)C(=O)[C@@H]42)[C@@H]3c2ccc(OC)cc2O)cc1. The predicted octanol–water partition coefficient (Wildman–Crippen LogP) is 7.82. The van der Waals surface area contributed by atoms with Crippen LogP contribution in [0.4, 0.5) is 24.7 Å². The van der Waals surface area contributed by atoms with Gasteiger partial charge in [0.2, 0.25) is 0 Å². The summed E-state index contributed by atoms with van der Waals surface area (Å²) in [6.45, 7) is 0. The molecule has 3 aromatic carbocycles. The number of phenolic OH excluding ortho intramolecular Hbond substituents is 1. The molecule has 1 aromatic heterocycles. The van der Waals surface area contributed by atoms with Gasteiger partial charge in [-0.2, -0.15) is 23.2 Å². The van der Waals surface area contributed by atoms with Gasteiger partial charge in [-0.3, -0.25) is 29.6 Å². The van der Waals surface area contributed by atoms with Gasteiger partial charge in [0.15, 0.2) is 5.82 Å². The van der Waals surface area contributed by atoms with Crippen LogP contribution in [0, 0.1) is 23.7 Å². The number of methoxy groups -OCH3 is 2. The molecule has 0 spiro atoms. The van der Waals surface area contributed by atoms with Crippen LogP contribution in [-0.2, 0) is 30.8 Å². The van der Waals surface area contributed by atoms with Gasteiger partial charge in [-0.1, -0.05) is 64.7 Å². The Morgan fingerprint density at radius 3 is 2.20 bits per heavy atom. The number of halogens is 6. The number of imide groups is 2. The third kappa shape index (κ3) is 6.24. The van der Waals surface area contributed by atoms with Crippen molar-refractivity contribution in [1.29, 1.82) is 0 Å². The normalized spacial score (nSPS) is 25.0. The van der Waals surface area contributed by atoms with E-state index in [2.05, 4.69) is 10.4 Å². The van der Waals surface area contributed by atoms with Crippen LogP contribution >= 0.6 is 34.8 Å². The molecule has 1 saturated carbocycles. The fourth-order valence-corrected chi connectivity index (χ4v) is 9.95. The van der Waals surface area contributed by atoms with Crippen LogP contribution in [0.1, 0.15) is 35.6 Å². The van der Waals surface area contributed by atoms with Crippen LogP contribution in [0.15, 0.2) is 84.4 Å². The summed E-state index contributed by atoms with van der Waals surface area (Å²) in [5, 5.41) is 14.5. The molecule has 18 heteroatoms. The highest BCUT2D eigenvalue weighted by Crippen LogP contribution is 2.65. The Labute approximate surface area is 350 Å². The molecule has 0 unspecified atom stereocenters. The Morgan fingerprint density at radius 2 is 1.56 bits per heavy atom. The second-order valence-electron chi connectivity index (χ2n) is 14.6. The van der Waals surface area contributed by atoms with Crippen molar-refractivity contribution in [3.63, 3.8) is 0 Å². The number of carbonyl (C=O) groups excluding carboxylic acids is 4. The van der Waals surface area contributed by atoms with E-state index < -0.39 is 76.3 Å². The molecular weight excluding hydrogens is 838 g/mol.